The molecule has 1 aromatic heterocycles. The maximum atomic E-state index is 5.38. The molecule has 1 rings (SSSR count). The van der Waals surface area contributed by atoms with Crippen LogP contribution in [0.3, 0.4) is 0 Å². The quantitative estimate of drug-likeness (QED) is 0.852. The van der Waals surface area contributed by atoms with E-state index >= 15 is 0 Å². The third-order valence-corrected chi connectivity index (χ3v) is 2.62. The molecule has 0 bridgehead atoms. The van der Waals surface area contributed by atoms with E-state index in [1.54, 1.807) is 7.11 Å². The Hall–Kier alpha value is -1.09. The van der Waals surface area contributed by atoms with Crippen LogP contribution < -0.4 is 10.1 Å². The lowest BCUT2D eigenvalue weighted by atomic mass is 9.86. The molecule has 1 atom stereocenters. The van der Waals surface area contributed by atoms with Crippen molar-refractivity contribution in [1.29, 1.82) is 0 Å². The first-order chi connectivity index (χ1) is 7.98. The summed E-state index contributed by atoms with van der Waals surface area (Å²) in [6.07, 6.45) is 2.86. The van der Waals surface area contributed by atoms with E-state index in [4.69, 9.17) is 4.74 Å². The van der Waals surface area contributed by atoms with Crippen LogP contribution in [0.4, 0.5) is 0 Å². The first-order valence-corrected chi connectivity index (χ1v) is 6.20. The maximum absolute atomic E-state index is 5.38. The molecular formula is C14H24N2O. The average molecular weight is 236 g/mol. The first-order valence-electron chi connectivity index (χ1n) is 6.20. The minimum absolute atomic E-state index is 0.246. The van der Waals surface area contributed by atoms with Gasteiger partial charge in [-0.3, -0.25) is 4.98 Å². The van der Waals surface area contributed by atoms with Gasteiger partial charge in [-0.15, -0.1) is 0 Å². The van der Waals surface area contributed by atoms with E-state index in [0.717, 1.165) is 24.4 Å². The van der Waals surface area contributed by atoms with Crippen molar-refractivity contribution in [2.45, 2.75) is 40.2 Å². The van der Waals surface area contributed by atoms with Gasteiger partial charge in [0.25, 0.3) is 0 Å². The highest BCUT2D eigenvalue weighted by Gasteiger charge is 2.22. The Bertz CT molecular complexity index is 344. The third kappa shape index (κ3) is 4.35. The topological polar surface area (TPSA) is 34.2 Å². The summed E-state index contributed by atoms with van der Waals surface area (Å²) in [5.74, 6) is 0.864. The molecule has 0 fully saturated rings. The van der Waals surface area contributed by atoms with E-state index < -0.39 is 0 Å². The van der Waals surface area contributed by atoms with Crippen LogP contribution in [0.15, 0.2) is 18.3 Å². The summed E-state index contributed by atoms with van der Waals surface area (Å²) in [4.78, 5) is 4.47. The smallest absolute Gasteiger partial charge is 0.141 e. The van der Waals surface area contributed by atoms with E-state index in [0.29, 0.717) is 0 Å². The van der Waals surface area contributed by atoms with Gasteiger partial charge in [0.1, 0.15) is 5.75 Å². The summed E-state index contributed by atoms with van der Waals surface area (Å²) < 4.78 is 5.38. The number of nitrogens with zero attached hydrogens (tertiary/aromatic N) is 1. The van der Waals surface area contributed by atoms with Crippen molar-refractivity contribution in [2.24, 2.45) is 5.41 Å². The van der Waals surface area contributed by atoms with Gasteiger partial charge in [0, 0.05) is 6.20 Å². The second-order valence-corrected chi connectivity index (χ2v) is 5.47. The standard InChI is InChI=1S/C14H24N2O/c1-6-15-11(10-14(2,3)4)13-12(17-5)8-7-9-16-13/h7-9,11,15H,6,10H2,1-5H3. The van der Waals surface area contributed by atoms with Crippen LogP contribution >= 0.6 is 0 Å². The molecular weight excluding hydrogens is 212 g/mol. The maximum Gasteiger partial charge on any atom is 0.141 e. The zero-order chi connectivity index (χ0) is 12.9. The fourth-order valence-corrected chi connectivity index (χ4v) is 1.96. The van der Waals surface area contributed by atoms with Gasteiger partial charge in [0.2, 0.25) is 0 Å². The molecule has 17 heavy (non-hydrogen) atoms. The van der Waals surface area contributed by atoms with Gasteiger partial charge in [0.05, 0.1) is 18.8 Å². The first kappa shape index (κ1) is 14.0. The van der Waals surface area contributed by atoms with Crippen molar-refractivity contribution >= 4 is 0 Å². The lowest BCUT2D eigenvalue weighted by Crippen LogP contribution is -2.26. The Kier molecular flexibility index (Phi) is 4.94. The second-order valence-electron chi connectivity index (χ2n) is 5.47. The molecule has 0 aliphatic rings. The van der Waals surface area contributed by atoms with Gasteiger partial charge in [-0.05, 0) is 30.5 Å². The average Bonchev–Trinajstić information content (AvgIpc) is 2.27. The van der Waals surface area contributed by atoms with E-state index in [2.05, 4.69) is 38.0 Å². The SMILES string of the molecule is CCNC(CC(C)(C)C)c1ncccc1OC. The van der Waals surface area contributed by atoms with Crippen LogP contribution in [0.2, 0.25) is 0 Å². The van der Waals surface area contributed by atoms with E-state index in [1.165, 1.54) is 0 Å². The number of hydrogen-bond acceptors (Lipinski definition) is 3. The molecule has 0 aliphatic heterocycles. The fraction of sp³-hybridized carbons (Fsp3) is 0.643. The van der Waals surface area contributed by atoms with Crippen molar-refractivity contribution in [3.8, 4) is 5.75 Å². The summed E-state index contributed by atoms with van der Waals surface area (Å²) in [5.41, 5.74) is 1.27. The van der Waals surface area contributed by atoms with Crippen molar-refractivity contribution in [2.75, 3.05) is 13.7 Å². The zero-order valence-electron chi connectivity index (χ0n) is 11.6. The molecule has 0 aromatic carbocycles. The molecule has 0 saturated carbocycles. The summed E-state index contributed by atoms with van der Waals surface area (Å²) in [6.45, 7) is 9.78. The highest BCUT2D eigenvalue weighted by molar-refractivity contribution is 5.29. The molecule has 3 nitrogen and oxygen atoms in total. The minimum Gasteiger partial charge on any atom is -0.495 e. The molecule has 0 aliphatic carbocycles. The van der Waals surface area contributed by atoms with Crippen LogP contribution in [0, 0.1) is 5.41 Å². The van der Waals surface area contributed by atoms with Gasteiger partial charge < -0.3 is 10.1 Å². The summed E-state index contributed by atoms with van der Waals surface area (Å²) in [7, 11) is 1.70. The molecule has 1 N–H and O–H groups in total. The summed E-state index contributed by atoms with van der Waals surface area (Å²) in [5, 5.41) is 3.49. The van der Waals surface area contributed by atoms with Crippen molar-refractivity contribution in [3.05, 3.63) is 24.0 Å². The van der Waals surface area contributed by atoms with Gasteiger partial charge >= 0.3 is 0 Å². The molecule has 0 spiro atoms. The van der Waals surface area contributed by atoms with E-state index in [1.807, 2.05) is 18.3 Å². The second kappa shape index (κ2) is 6.01. The summed E-state index contributed by atoms with van der Waals surface area (Å²) in [6, 6.07) is 4.12. The number of hydrogen-bond donors (Lipinski definition) is 1. The predicted octanol–water partition coefficient (Wildman–Crippen LogP) is 3.18. The lowest BCUT2D eigenvalue weighted by molar-refractivity contribution is 0.302. The highest BCUT2D eigenvalue weighted by Crippen LogP contribution is 2.32. The van der Waals surface area contributed by atoms with Gasteiger partial charge in [0.15, 0.2) is 0 Å². The number of aromatic nitrogens is 1. The Morgan fingerprint density at radius 3 is 2.65 bits per heavy atom. The van der Waals surface area contributed by atoms with Crippen molar-refractivity contribution < 1.29 is 4.74 Å². The normalized spacial score (nSPS) is 13.5. The number of methoxy groups -OCH3 is 1. The highest BCUT2D eigenvalue weighted by atomic mass is 16.5. The summed E-state index contributed by atoms with van der Waals surface area (Å²) >= 11 is 0. The number of rotatable bonds is 5. The Labute approximate surface area is 105 Å². The predicted molar refractivity (Wildman–Crippen MR) is 71.3 cm³/mol. The van der Waals surface area contributed by atoms with Gasteiger partial charge in [-0.2, -0.15) is 0 Å². The number of pyridine rings is 1. The van der Waals surface area contributed by atoms with Gasteiger partial charge in [-0.1, -0.05) is 27.7 Å². The molecule has 1 aromatic rings. The molecule has 1 unspecified atom stereocenters. The van der Waals surface area contributed by atoms with Gasteiger partial charge in [-0.25, -0.2) is 0 Å². The van der Waals surface area contributed by atoms with Crippen LogP contribution in [-0.4, -0.2) is 18.6 Å². The molecule has 1 heterocycles. The molecule has 3 heteroatoms. The van der Waals surface area contributed by atoms with Crippen molar-refractivity contribution in [3.63, 3.8) is 0 Å². The zero-order valence-corrected chi connectivity index (χ0v) is 11.6. The van der Waals surface area contributed by atoms with E-state index in [-0.39, 0.29) is 11.5 Å². The lowest BCUT2D eigenvalue weighted by Gasteiger charge is -2.27. The fourth-order valence-electron chi connectivity index (χ4n) is 1.96. The van der Waals surface area contributed by atoms with Crippen LogP contribution in [0.5, 0.6) is 5.75 Å². The van der Waals surface area contributed by atoms with Crippen LogP contribution in [0.25, 0.3) is 0 Å². The Morgan fingerprint density at radius 2 is 2.12 bits per heavy atom. The van der Waals surface area contributed by atoms with E-state index in [9.17, 15) is 0 Å². The van der Waals surface area contributed by atoms with Crippen LogP contribution in [-0.2, 0) is 0 Å². The number of ether oxygens (including phenoxy) is 1. The minimum atomic E-state index is 0.246. The molecule has 0 radical (unpaired) electrons. The Balaban J connectivity index is 2.96. The third-order valence-electron chi connectivity index (χ3n) is 2.62. The molecule has 0 saturated heterocycles. The number of nitrogens with one attached hydrogen (secondary N) is 1. The molecule has 0 amide bonds. The monoisotopic (exact) mass is 236 g/mol. The largest absolute Gasteiger partial charge is 0.495 e. The van der Waals surface area contributed by atoms with Crippen LogP contribution in [0.1, 0.15) is 45.9 Å². The Morgan fingerprint density at radius 1 is 1.41 bits per heavy atom. The molecule has 96 valence electrons. The van der Waals surface area contributed by atoms with Crippen molar-refractivity contribution in [1.82, 2.24) is 10.3 Å².